The maximum Gasteiger partial charge on any atom is 0.264 e. The first kappa shape index (κ1) is 13.1. The van der Waals surface area contributed by atoms with Gasteiger partial charge in [0.1, 0.15) is 0 Å². The van der Waals surface area contributed by atoms with Gasteiger partial charge in [-0.25, -0.2) is 8.42 Å². The van der Waals surface area contributed by atoms with Gasteiger partial charge in [-0.15, -0.1) is 0 Å². The number of aliphatic hydroxyl groups is 1. The lowest BCUT2D eigenvalue weighted by Gasteiger charge is -2.24. The van der Waals surface area contributed by atoms with Crippen LogP contribution in [0.15, 0.2) is 41.4 Å². The van der Waals surface area contributed by atoms with Gasteiger partial charge in [0.15, 0.2) is 0 Å². The van der Waals surface area contributed by atoms with Gasteiger partial charge in [-0.05, 0) is 31.9 Å². The fourth-order valence-electron chi connectivity index (χ4n) is 2.05. The van der Waals surface area contributed by atoms with Gasteiger partial charge in [0.2, 0.25) is 0 Å². The highest BCUT2D eigenvalue weighted by atomic mass is 32.2. The zero-order valence-corrected chi connectivity index (χ0v) is 11.1. The third-order valence-corrected chi connectivity index (χ3v) is 4.92. The van der Waals surface area contributed by atoms with Crippen LogP contribution in [0.4, 0.5) is 0 Å². The van der Waals surface area contributed by atoms with Crippen molar-refractivity contribution in [1.82, 2.24) is 4.31 Å². The quantitative estimate of drug-likeness (QED) is 0.902. The van der Waals surface area contributed by atoms with Gasteiger partial charge in [0.25, 0.3) is 10.0 Å². The second-order valence-corrected chi connectivity index (χ2v) is 6.28. The van der Waals surface area contributed by atoms with Crippen molar-refractivity contribution in [3.8, 4) is 0 Å². The first-order chi connectivity index (χ1) is 8.55. The summed E-state index contributed by atoms with van der Waals surface area (Å²) in [6, 6.07) is 6.64. The van der Waals surface area contributed by atoms with Gasteiger partial charge in [0.05, 0.1) is 10.9 Å². The van der Waals surface area contributed by atoms with Gasteiger partial charge in [-0.2, -0.15) is 0 Å². The van der Waals surface area contributed by atoms with E-state index < -0.39 is 10.0 Å². The number of aryl methyl sites for hydroxylation is 1. The summed E-state index contributed by atoms with van der Waals surface area (Å²) < 4.78 is 26.2. The van der Waals surface area contributed by atoms with E-state index in [0.717, 1.165) is 5.56 Å². The van der Waals surface area contributed by atoms with Crippen LogP contribution in [-0.2, 0) is 10.0 Å². The first-order valence-electron chi connectivity index (χ1n) is 5.93. The average Bonchev–Trinajstić information content (AvgIpc) is 2.79. The highest BCUT2D eigenvalue weighted by Crippen LogP contribution is 2.26. The van der Waals surface area contributed by atoms with Crippen molar-refractivity contribution in [1.29, 1.82) is 0 Å². The van der Waals surface area contributed by atoms with Crippen LogP contribution in [0, 0.1) is 6.92 Å². The van der Waals surface area contributed by atoms with E-state index in [4.69, 9.17) is 5.11 Å². The van der Waals surface area contributed by atoms with Crippen LogP contribution in [0.25, 0.3) is 0 Å². The Labute approximate surface area is 108 Å². The lowest BCUT2D eigenvalue weighted by atomic mass is 10.2. The molecule has 4 nitrogen and oxygen atoms in total. The fourth-order valence-corrected chi connectivity index (χ4v) is 3.60. The molecule has 1 aromatic carbocycles. The molecule has 0 fully saturated rings. The largest absolute Gasteiger partial charge is 0.396 e. The average molecular weight is 267 g/mol. The Morgan fingerprint density at radius 2 is 2.00 bits per heavy atom. The monoisotopic (exact) mass is 267 g/mol. The normalized spacial score (nSPS) is 19.4. The van der Waals surface area contributed by atoms with E-state index in [2.05, 4.69) is 0 Å². The summed E-state index contributed by atoms with van der Waals surface area (Å²) in [5.41, 5.74) is 1.03. The van der Waals surface area contributed by atoms with Crippen molar-refractivity contribution in [2.45, 2.75) is 30.7 Å². The van der Waals surface area contributed by atoms with Crippen LogP contribution in [0.3, 0.4) is 0 Å². The van der Waals surface area contributed by atoms with Crippen LogP contribution >= 0.6 is 0 Å². The van der Waals surface area contributed by atoms with E-state index in [-0.39, 0.29) is 12.6 Å². The van der Waals surface area contributed by atoms with Gasteiger partial charge in [-0.3, -0.25) is 4.31 Å². The van der Waals surface area contributed by atoms with Gasteiger partial charge in [-0.1, -0.05) is 23.8 Å². The molecule has 18 heavy (non-hydrogen) atoms. The van der Waals surface area contributed by atoms with Gasteiger partial charge < -0.3 is 5.11 Å². The molecule has 0 spiro atoms. The number of hydrogen-bond donors (Lipinski definition) is 1. The molecule has 1 atom stereocenters. The standard InChI is InChI=1S/C13H17NO3S/c1-11-4-6-13(7-5-11)18(16,17)14-9-2-3-12(14)8-10-15/h2,4-7,9,12,15H,3,8,10H2,1H3. The van der Waals surface area contributed by atoms with E-state index in [1.807, 2.05) is 13.0 Å². The van der Waals surface area contributed by atoms with Crippen molar-refractivity contribution in [2.75, 3.05) is 6.61 Å². The first-order valence-corrected chi connectivity index (χ1v) is 7.37. The number of nitrogens with zero attached hydrogens (tertiary/aromatic N) is 1. The number of hydrogen-bond acceptors (Lipinski definition) is 3. The summed E-state index contributed by atoms with van der Waals surface area (Å²) in [5.74, 6) is 0. The molecule has 5 heteroatoms. The fraction of sp³-hybridized carbons (Fsp3) is 0.385. The van der Waals surface area contributed by atoms with E-state index in [0.29, 0.717) is 17.7 Å². The van der Waals surface area contributed by atoms with E-state index in [9.17, 15) is 8.42 Å². The molecule has 1 heterocycles. The lowest BCUT2D eigenvalue weighted by Crippen LogP contribution is -2.33. The maximum atomic E-state index is 12.4. The van der Waals surface area contributed by atoms with E-state index in [1.54, 1.807) is 30.5 Å². The molecule has 1 unspecified atom stereocenters. The molecule has 0 saturated carbocycles. The van der Waals surface area contributed by atoms with E-state index >= 15 is 0 Å². The molecular weight excluding hydrogens is 250 g/mol. The molecule has 1 aromatic rings. The smallest absolute Gasteiger partial charge is 0.264 e. The highest BCUT2D eigenvalue weighted by molar-refractivity contribution is 7.89. The third kappa shape index (κ3) is 2.42. The number of sulfonamides is 1. The van der Waals surface area contributed by atoms with E-state index in [1.165, 1.54) is 4.31 Å². The Morgan fingerprint density at radius 3 is 2.61 bits per heavy atom. The highest BCUT2D eigenvalue weighted by Gasteiger charge is 2.30. The molecule has 1 aliphatic rings. The zero-order chi connectivity index (χ0) is 13.2. The second kappa shape index (κ2) is 5.12. The Kier molecular flexibility index (Phi) is 3.73. The van der Waals surface area contributed by atoms with Gasteiger partial charge in [0, 0.05) is 12.8 Å². The summed E-state index contributed by atoms with van der Waals surface area (Å²) in [4.78, 5) is 0.294. The van der Waals surface area contributed by atoms with Crippen molar-refractivity contribution >= 4 is 10.0 Å². The van der Waals surface area contributed by atoms with Crippen LogP contribution in [0.1, 0.15) is 18.4 Å². The van der Waals surface area contributed by atoms with Crippen LogP contribution in [0.2, 0.25) is 0 Å². The Hall–Kier alpha value is -1.33. The zero-order valence-electron chi connectivity index (χ0n) is 10.3. The SMILES string of the molecule is Cc1ccc(S(=O)(=O)N2C=CCC2CCO)cc1. The summed E-state index contributed by atoms with van der Waals surface area (Å²) in [6.07, 6.45) is 4.53. The van der Waals surface area contributed by atoms with Gasteiger partial charge >= 0.3 is 0 Å². The van der Waals surface area contributed by atoms with Crippen LogP contribution in [-0.4, -0.2) is 30.5 Å². The molecule has 0 saturated heterocycles. The number of rotatable bonds is 4. The molecular formula is C13H17NO3S. The molecule has 0 aromatic heterocycles. The summed E-state index contributed by atoms with van der Waals surface area (Å²) in [6.45, 7) is 1.91. The Balaban J connectivity index is 2.30. The molecule has 1 aliphatic heterocycles. The Morgan fingerprint density at radius 1 is 1.33 bits per heavy atom. The molecule has 0 radical (unpaired) electrons. The number of aliphatic hydroxyl groups excluding tert-OH is 1. The van der Waals surface area contributed by atoms with Crippen LogP contribution < -0.4 is 0 Å². The maximum absolute atomic E-state index is 12.4. The van der Waals surface area contributed by atoms with Crippen molar-refractivity contribution in [2.24, 2.45) is 0 Å². The molecule has 1 N–H and O–H groups in total. The predicted octanol–water partition coefficient (Wildman–Crippen LogP) is 1.65. The topological polar surface area (TPSA) is 57.6 Å². The van der Waals surface area contributed by atoms with Crippen molar-refractivity contribution in [3.63, 3.8) is 0 Å². The predicted molar refractivity (Wildman–Crippen MR) is 69.5 cm³/mol. The minimum absolute atomic E-state index is 0.00767. The third-order valence-electron chi connectivity index (χ3n) is 3.08. The van der Waals surface area contributed by atoms with Crippen molar-refractivity contribution in [3.05, 3.63) is 42.1 Å². The van der Waals surface area contributed by atoms with Crippen molar-refractivity contribution < 1.29 is 13.5 Å². The Bertz CT molecular complexity index is 534. The minimum Gasteiger partial charge on any atom is -0.396 e. The minimum atomic E-state index is -3.49. The number of benzene rings is 1. The van der Waals surface area contributed by atoms with Crippen LogP contribution in [0.5, 0.6) is 0 Å². The molecule has 98 valence electrons. The molecule has 2 rings (SSSR count). The summed E-state index contributed by atoms with van der Waals surface area (Å²) in [7, 11) is -3.49. The summed E-state index contributed by atoms with van der Waals surface area (Å²) in [5, 5.41) is 8.97. The molecule has 0 amide bonds. The molecule has 0 bridgehead atoms. The lowest BCUT2D eigenvalue weighted by molar-refractivity contribution is 0.252. The molecule has 0 aliphatic carbocycles. The summed E-state index contributed by atoms with van der Waals surface area (Å²) >= 11 is 0. The second-order valence-electron chi connectivity index (χ2n) is 4.43.